The normalized spacial score (nSPS) is 18.7. The second-order valence-corrected chi connectivity index (χ2v) is 5.41. The number of nitrogens with zero attached hydrogens (tertiary/aromatic N) is 2. The van der Waals surface area contributed by atoms with E-state index in [1.54, 1.807) is 7.05 Å². The molecular weight excluding hydrogens is 315 g/mol. The molecule has 1 aliphatic rings. The molecule has 1 unspecified atom stereocenters. The summed E-state index contributed by atoms with van der Waals surface area (Å²) in [5.41, 5.74) is -0.896. The first-order valence-corrected chi connectivity index (χ1v) is 6.76. The van der Waals surface area contributed by atoms with Crippen LogP contribution in [0, 0.1) is 0 Å². The van der Waals surface area contributed by atoms with E-state index in [9.17, 15) is 18.0 Å². The van der Waals surface area contributed by atoms with E-state index < -0.39 is 11.9 Å². The first-order chi connectivity index (χ1) is 8.88. The number of amides is 1. The Hall–Kier alpha value is -0.860. The predicted molar refractivity (Wildman–Crippen MR) is 71.9 cm³/mol. The van der Waals surface area contributed by atoms with E-state index in [0.29, 0.717) is 5.01 Å². The van der Waals surface area contributed by atoms with Crippen molar-refractivity contribution in [3.8, 4) is 0 Å². The van der Waals surface area contributed by atoms with E-state index in [1.807, 2.05) is 0 Å². The number of nitrogens with one attached hydrogen (secondary N) is 1. The molecule has 0 aromatic carbocycles. The van der Waals surface area contributed by atoms with Crippen molar-refractivity contribution in [2.75, 3.05) is 13.6 Å². The van der Waals surface area contributed by atoms with E-state index >= 15 is 0 Å². The molecule has 1 aromatic heterocycles. The lowest BCUT2D eigenvalue weighted by Gasteiger charge is -2.19. The van der Waals surface area contributed by atoms with Crippen LogP contribution in [-0.4, -0.2) is 35.4 Å². The van der Waals surface area contributed by atoms with Crippen LogP contribution in [0.5, 0.6) is 0 Å². The van der Waals surface area contributed by atoms with E-state index in [4.69, 9.17) is 0 Å². The van der Waals surface area contributed by atoms with Gasteiger partial charge in [0.2, 0.25) is 5.91 Å². The Morgan fingerprint density at radius 3 is 2.80 bits per heavy atom. The number of carbonyl (C=O) groups excluding carboxylic acids is 1. The van der Waals surface area contributed by atoms with Gasteiger partial charge in [0.25, 0.3) is 0 Å². The molecule has 1 aliphatic heterocycles. The summed E-state index contributed by atoms with van der Waals surface area (Å²) in [5, 5.41) is 4.33. The van der Waals surface area contributed by atoms with Crippen molar-refractivity contribution in [2.45, 2.75) is 31.6 Å². The van der Waals surface area contributed by atoms with Crippen molar-refractivity contribution in [2.24, 2.45) is 0 Å². The van der Waals surface area contributed by atoms with Crippen LogP contribution in [0.1, 0.15) is 23.5 Å². The Kier molecular flexibility index (Phi) is 5.79. The molecule has 2 rings (SSSR count). The Morgan fingerprint density at radius 2 is 2.30 bits per heavy atom. The lowest BCUT2D eigenvalue weighted by Crippen LogP contribution is -2.41. The van der Waals surface area contributed by atoms with E-state index in [1.165, 1.54) is 4.90 Å². The minimum Gasteiger partial charge on any atom is -0.338 e. The van der Waals surface area contributed by atoms with Crippen molar-refractivity contribution >= 4 is 29.7 Å². The second-order valence-electron chi connectivity index (χ2n) is 4.47. The zero-order chi connectivity index (χ0) is 14.0. The standard InChI is InChI=1S/C11H14F3N3OS.ClH/c1-17(10(18)7-3-2-4-15-7)5-9-16-8(6-19-9)11(12,13)14;/h6-7,15H,2-5H2,1H3;1H. The minimum atomic E-state index is -4.43. The van der Waals surface area contributed by atoms with Crippen LogP contribution in [0.4, 0.5) is 13.2 Å². The molecule has 20 heavy (non-hydrogen) atoms. The smallest absolute Gasteiger partial charge is 0.338 e. The van der Waals surface area contributed by atoms with E-state index in [2.05, 4.69) is 10.3 Å². The third kappa shape index (κ3) is 4.07. The van der Waals surface area contributed by atoms with Crippen molar-refractivity contribution in [1.82, 2.24) is 15.2 Å². The number of halogens is 4. The van der Waals surface area contributed by atoms with Crippen molar-refractivity contribution < 1.29 is 18.0 Å². The van der Waals surface area contributed by atoms with Gasteiger partial charge in [-0.3, -0.25) is 4.79 Å². The number of carbonyl (C=O) groups is 1. The van der Waals surface area contributed by atoms with Crippen LogP contribution in [0.2, 0.25) is 0 Å². The molecule has 1 N–H and O–H groups in total. The van der Waals surface area contributed by atoms with Gasteiger partial charge in [0.05, 0.1) is 12.6 Å². The fourth-order valence-electron chi connectivity index (χ4n) is 1.96. The molecule has 114 valence electrons. The molecule has 1 amide bonds. The zero-order valence-electron chi connectivity index (χ0n) is 10.7. The van der Waals surface area contributed by atoms with Crippen LogP contribution < -0.4 is 5.32 Å². The summed E-state index contributed by atoms with van der Waals surface area (Å²) in [5.74, 6) is -0.0961. The monoisotopic (exact) mass is 329 g/mol. The largest absolute Gasteiger partial charge is 0.434 e. The Balaban J connectivity index is 0.00000200. The number of likely N-dealkylation sites (N-methyl/N-ethyl adjacent to an activating group) is 1. The van der Waals surface area contributed by atoms with Gasteiger partial charge in [0.15, 0.2) is 5.69 Å². The Morgan fingerprint density at radius 1 is 1.60 bits per heavy atom. The topological polar surface area (TPSA) is 45.2 Å². The molecule has 0 spiro atoms. The average Bonchev–Trinajstić information content (AvgIpc) is 2.97. The maximum absolute atomic E-state index is 12.4. The summed E-state index contributed by atoms with van der Waals surface area (Å²) in [6.45, 7) is 0.914. The van der Waals surface area contributed by atoms with Gasteiger partial charge in [-0.2, -0.15) is 13.2 Å². The SMILES string of the molecule is CN(Cc1nc(C(F)(F)F)cs1)C(=O)C1CCCN1.Cl. The van der Waals surface area contributed by atoms with Crippen LogP contribution in [0.3, 0.4) is 0 Å². The molecule has 2 heterocycles. The van der Waals surface area contributed by atoms with Gasteiger partial charge >= 0.3 is 6.18 Å². The van der Waals surface area contributed by atoms with Crippen LogP contribution in [0.25, 0.3) is 0 Å². The maximum atomic E-state index is 12.4. The minimum absolute atomic E-state index is 0. The number of hydrogen-bond acceptors (Lipinski definition) is 4. The molecule has 0 bridgehead atoms. The van der Waals surface area contributed by atoms with Gasteiger partial charge in [-0.1, -0.05) is 0 Å². The summed E-state index contributed by atoms with van der Waals surface area (Å²) in [7, 11) is 1.58. The summed E-state index contributed by atoms with van der Waals surface area (Å²) in [6.07, 6.45) is -2.71. The molecule has 4 nitrogen and oxygen atoms in total. The molecule has 0 saturated carbocycles. The highest BCUT2D eigenvalue weighted by Gasteiger charge is 2.34. The third-order valence-corrected chi connectivity index (χ3v) is 3.78. The van der Waals surface area contributed by atoms with E-state index in [0.717, 1.165) is 36.1 Å². The Labute approximate surface area is 124 Å². The fraction of sp³-hybridized carbons (Fsp3) is 0.636. The quantitative estimate of drug-likeness (QED) is 0.925. The lowest BCUT2D eigenvalue weighted by molar-refractivity contribution is -0.140. The zero-order valence-corrected chi connectivity index (χ0v) is 12.4. The highest BCUT2D eigenvalue weighted by Crippen LogP contribution is 2.30. The summed E-state index contributed by atoms with van der Waals surface area (Å²) >= 11 is 0.919. The molecule has 1 fully saturated rings. The molecule has 0 aliphatic carbocycles. The highest BCUT2D eigenvalue weighted by atomic mass is 35.5. The van der Waals surface area contributed by atoms with Crippen LogP contribution in [0.15, 0.2) is 5.38 Å². The summed E-state index contributed by atoms with van der Waals surface area (Å²) in [4.78, 5) is 16.9. The maximum Gasteiger partial charge on any atom is 0.434 e. The molecule has 9 heteroatoms. The average molecular weight is 330 g/mol. The van der Waals surface area contributed by atoms with Crippen molar-refractivity contribution in [3.63, 3.8) is 0 Å². The van der Waals surface area contributed by atoms with Gasteiger partial charge in [0.1, 0.15) is 5.01 Å². The number of rotatable bonds is 3. The van der Waals surface area contributed by atoms with Gasteiger partial charge < -0.3 is 10.2 Å². The van der Waals surface area contributed by atoms with Gasteiger partial charge in [0, 0.05) is 12.4 Å². The van der Waals surface area contributed by atoms with Gasteiger partial charge in [-0.15, -0.1) is 23.7 Å². The summed E-state index contributed by atoms with van der Waals surface area (Å²) < 4.78 is 37.2. The lowest BCUT2D eigenvalue weighted by atomic mass is 10.2. The van der Waals surface area contributed by atoms with Crippen molar-refractivity contribution in [3.05, 3.63) is 16.1 Å². The number of alkyl halides is 3. The number of hydrogen-bond donors (Lipinski definition) is 1. The van der Waals surface area contributed by atoms with E-state index in [-0.39, 0.29) is 30.9 Å². The first kappa shape index (κ1) is 17.2. The van der Waals surface area contributed by atoms with Crippen molar-refractivity contribution in [1.29, 1.82) is 0 Å². The van der Waals surface area contributed by atoms with Gasteiger partial charge in [-0.25, -0.2) is 4.98 Å². The molecule has 1 saturated heterocycles. The third-order valence-electron chi connectivity index (χ3n) is 2.95. The predicted octanol–water partition coefficient (Wildman–Crippen LogP) is 2.29. The molecule has 1 atom stereocenters. The highest BCUT2D eigenvalue weighted by molar-refractivity contribution is 7.09. The Bertz CT molecular complexity index is 460. The number of aromatic nitrogens is 1. The van der Waals surface area contributed by atoms with Crippen LogP contribution in [-0.2, 0) is 17.5 Å². The molecule has 0 radical (unpaired) electrons. The molecule has 1 aromatic rings. The second kappa shape index (κ2) is 6.73. The molecular formula is C11H15ClF3N3OS. The number of thiazole rings is 1. The van der Waals surface area contributed by atoms with Crippen LogP contribution >= 0.6 is 23.7 Å². The summed E-state index contributed by atoms with van der Waals surface area (Å²) in [6, 6.07) is -0.216. The first-order valence-electron chi connectivity index (χ1n) is 5.88. The fourth-order valence-corrected chi connectivity index (χ4v) is 2.81. The van der Waals surface area contributed by atoms with Gasteiger partial charge in [-0.05, 0) is 19.4 Å².